The monoisotopic (exact) mass is 226 g/mol. The third kappa shape index (κ3) is 0.992. The molecule has 0 saturated heterocycles. The van der Waals surface area contributed by atoms with Crippen molar-refractivity contribution in [3.63, 3.8) is 0 Å². The first-order chi connectivity index (χ1) is 5.83. The summed E-state index contributed by atoms with van der Waals surface area (Å²) in [6, 6.07) is 3.91. The standard InChI is InChI=1S/C8H7BrN2O/c1-12-8-6-2-3-7(9)11(6)5-4-10-8/h2-5H,1H3. The van der Waals surface area contributed by atoms with Crippen LogP contribution in [-0.4, -0.2) is 16.5 Å². The molecular formula is C8H7BrN2O. The fraction of sp³-hybridized carbons (Fsp3) is 0.125. The highest BCUT2D eigenvalue weighted by Crippen LogP contribution is 2.21. The molecule has 12 heavy (non-hydrogen) atoms. The predicted octanol–water partition coefficient (Wildman–Crippen LogP) is 2.11. The van der Waals surface area contributed by atoms with Crippen LogP contribution in [0.4, 0.5) is 0 Å². The van der Waals surface area contributed by atoms with Gasteiger partial charge in [-0.2, -0.15) is 0 Å². The normalized spacial score (nSPS) is 10.5. The molecule has 0 radical (unpaired) electrons. The minimum Gasteiger partial charge on any atom is -0.480 e. The maximum atomic E-state index is 5.09. The number of hydrogen-bond donors (Lipinski definition) is 0. The number of nitrogens with zero attached hydrogens (tertiary/aromatic N) is 2. The molecule has 2 heterocycles. The van der Waals surface area contributed by atoms with Gasteiger partial charge in [0.2, 0.25) is 5.88 Å². The van der Waals surface area contributed by atoms with Crippen molar-refractivity contribution in [3.8, 4) is 5.88 Å². The minimum absolute atomic E-state index is 0.642. The molecule has 0 amide bonds. The summed E-state index contributed by atoms with van der Waals surface area (Å²) in [6.07, 6.45) is 3.58. The van der Waals surface area contributed by atoms with Gasteiger partial charge in [-0.3, -0.25) is 0 Å². The fourth-order valence-corrected chi connectivity index (χ4v) is 1.58. The quantitative estimate of drug-likeness (QED) is 0.745. The zero-order valence-corrected chi connectivity index (χ0v) is 8.08. The Morgan fingerprint density at radius 1 is 1.50 bits per heavy atom. The Bertz CT molecular complexity index is 410. The molecule has 0 aromatic carbocycles. The summed E-state index contributed by atoms with van der Waals surface area (Å²) in [5.41, 5.74) is 0.965. The Kier molecular flexibility index (Phi) is 1.77. The maximum absolute atomic E-state index is 5.09. The molecule has 2 rings (SSSR count). The van der Waals surface area contributed by atoms with Crippen molar-refractivity contribution in [1.29, 1.82) is 0 Å². The van der Waals surface area contributed by atoms with Crippen molar-refractivity contribution in [1.82, 2.24) is 9.38 Å². The first kappa shape index (κ1) is 7.61. The zero-order chi connectivity index (χ0) is 8.55. The Labute approximate surface area is 78.1 Å². The van der Waals surface area contributed by atoms with Crippen molar-refractivity contribution < 1.29 is 4.74 Å². The highest BCUT2D eigenvalue weighted by Gasteiger charge is 2.03. The summed E-state index contributed by atoms with van der Waals surface area (Å²) in [5.74, 6) is 0.642. The van der Waals surface area contributed by atoms with E-state index in [9.17, 15) is 0 Å². The number of hydrogen-bond acceptors (Lipinski definition) is 2. The van der Waals surface area contributed by atoms with Crippen LogP contribution >= 0.6 is 15.9 Å². The number of fused-ring (bicyclic) bond motifs is 1. The molecule has 3 nitrogen and oxygen atoms in total. The lowest BCUT2D eigenvalue weighted by Crippen LogP contribution is -1.91. The first-order valence-electron chi connectivity index (χ1n) is 3.48. The van der Waals surface area contributed by atoms with Crippen LogP contribution in [0, 0.1) is 0 Å². The third-order valence-corrected chi connectivity index (χ3v) is 2.33. The lowest BCUT2D eigenvalue weighted by molar-refractivity contribution is 0.401. The zero-order valence-electron chi connectivity index (χ0n) is 6.49. The molecule has 0 spiro atoms. The van der Waals surface area contributed by atoms with Gasteiger partial charge in [0.05, 0.1) is 11.7 Å². The van der Waals surface area contributed by atoms with Gasteiger partial charge in [-0.1, -0.05) is 0 Å². The molecule has 0 N–H and O–H groups in total. The SMILES string of the molecule is COc1nccn2c(Br)ccc12. The van der Waals surface area contributed by atoms with Gasteiger partial charge in [-0.05, 0) is 28.1 Å². The summed E-state index contributed by atoms with van der Waals surface area (Å²) in [5, 5.41) is 0. The molecule has 0 fully saturated rings. The number of ether oxygens (including phenoxy) is 1. The summed E-state index contributed by atoms with van der Waals surface area (Å²) in [4.78, 5) is 4.07. The van der Waals surface area contributed by atoms with Gasteiger partial charge in [0.15, 0.2) is 0 Å². The summed E-state index contributed by atoms with van der Waals surface area (Å²) in [6.45, 7) is 0. The Morgan fingerprint density at radius 3 is 3.08 bits per heavy atom. The van der Waals surface area contributed by atoms with Crippen LogP contribution in [0.2, 0.25) is 0 Å². The Morgan fingerprint density at radius 2 is 2.33 bits per heavy atom. The molecule has 4 heteroatoms. The van der Waals surface area contributed by atoms with Crippen molar-refractivity contribution in [3.05, 3.63) is 29.1 Å². The van der Waals surface area contributed by atoms with E-state index in [2.05, 4.69) is 20.9 Å². The molecule has 0 aliphatic carbocycles. The largest absolute Gasteiger partial charge is 0.480 e. The highest BCUT2D eigenvalue weighted by atomic mass is 79.9. The van der Waals surface area contributed by atoms with E-state index in [4.69, 9.17) is 4.74 Å². The van der Waals surface area contributed by atoms with Gasteiger partial charge in [-0.25, -0.2) is 4.98 Å². The van der Waals surface area contributed by atoms with Crippen molar-refractivity contribution in [2.24, 2.45) is 0 Å². The van der Waals surface area contributed by atoms with Crippen LogP contribution in [0.3, 0.4) is 0 Å². The first-order valence-corrected chi connectivity index (χ1v) is 4.28. The number of methoxy groups -OCH3 is 1. The van der Waals surface area contributed by atoms with Gasteiger partial charge < -0.3 is 9.14 Å². The molecular weight excluding hydrogens is 220 g/mol. The van der Waals surface area contributed by atoms with Gasteiger partial charge in [-0.15, -0.1) is 0 Å². The summed E-state index contributed by atoms with van der Waals surface area (Å²) < 4.78 is 8.05. The third-order valence-electron chi connectivity index (χ3n) is 1.69. The maximum Gasteiger partial charge on any atom is 0.238 e. The second-order valence-electron chi connectivity index (χ2n) is 2.35. The molecule has 0 saturated carbocycles. The molecule has 0 aliphatic rings. The van der Waals surface area contributed by atoms with E-state index in [0.717, 1.165) is 10.1 Å². The number of aromatic nitrogens is 2. The molecule has 0 aliphatic heterocycles. The molecule has 62 valence electrons. The topological polar surface area (TPSA) is 26.5 Å². The molecule has 0 bridgehead atoms. The second-order valence-corrected chi connectivity index (χ2v) is 3.16. The lowest BCUT2D eigenvalue weighted by atomic mass is 10.5. The molecule has 2 aromatic rings. The van der Waals surface area contributed by atoms with E-state index in [0.29, 0.717) is 5.88 Å². The molecule has 0 atom stereocenters. The average Bonchev–Trinajstić information content (AvgIpc) is 2.48. The summed E-state index contributed by atoms with van der Waals surface area (Å²) >= 11 is 3.41. The van der Waals surface area contributed by atoms with E-state index in [1.165, 1.54) is 0 Å². The van der Waals surface area contributed by atoms with Crippen LogP contribution in [0.1, 0.15) is 0 Å². The van der Waals surface area contributed by atoms with Crippen LogP contribution in [-0.2, 0) is 0 Å². The van der Waals surface area contributed by atoms with Gasteiger partial charge in [0, 0.05) is 12.4 Å². The Balaban J connectivity index is 2.81. The fourth-order valence-electron chi connectivity index (χ4n) is 1.14. The van der Waals surface area contributed by atoms with E-state index >= 15 is 0 Å². The van der Waals surface area contributed by atoms with E-state index in [-0.39, 0.29) is 0 Å². The van der Waals surface area contributed by atoms with Gasteiger partial charge >= 0.3 is 0 Å². The van der Waals surface area contributed by atoms with Crippen LogP contribution in [0.15, 0.2) is 29.1 Å². The van der Waals surface area contributed by atoms with Gasteiger partial charge in [0.1, 0.15) is 5.52 Å². The van der Waals surface area contributed by atoms with E-state index in [1.807, 2.05) is 22.7 Å². The second kappa shape index (κ2) is 2.79. The van der Waals surface area contributed by atoms with Crippen LogP contribution in [0.5, 0.6) is 5.88 Å². The van der Waals surface area contributed by atoms with Gasteiger partial charge in [0.25, 0.3) is 0 Å². The van der Waals surface area contributed by atoms with E-state index in [1.54, 1.807) is 13.3 Å². The lowest BCUT2D eigenvalue weighted by Gasteiger charge is -2.01. The highest BCUT2D eigenvalue weighted by molar-refractivity contribution is 9.10. The van der Waals surface area contributed by atoms with Crippen molar-refractivity contribution >= 4 is 21.4 Å². The summed E-state index contributed by atoms with van der Waals surface area (Å²) in [7, 11) is 1.61. The number of rotatable bonds is 1. The molecule has 0 unspecified atom stereocenters. The van der Waals surface area contributed by atoms with Crippen molar-refractivity contribution in [2.75, 3.05) is 7.11 Å². The number of halogens is 1. The smallest absolute Gasteiger partial charge is 0.238 e. The predicted molar refractivity (Wildman–Crippen MR) is 49.4 cm³/mol. The van der Waals surface area contributed by atoms with Crippen LogP contribution < -0.4 is 4.74 Å². The molecule has 2 aromatic heterocycles. The average molecular weight is 227 g/mol. The van der Waals surface area contributed by atoms with E-state index < -0.39 is 0 Å². The Hall–Kier alpha value is -1.03. The van der Waals surface area contributed by atoms with Crippen molar-refractivity contribution in [2.45, 2.75) is 0 Å². The minimum atomic E-state index is 0.642. The van der Waals surface area contributed by atoms with Crippen LogP contribution in [0.25, 0.3) is 5.52 Å².